The summed E-state index contributed by atoms with van der Waals surface area (Å²) in [4.78, 5) is 12.5. The van der Waals surface area contributed by atoms with Crippen molar-refractivity contribution in [1.82, 2.24) is 0 Å². The van der Waals surface area contributed by atoms with E-state index in [1.807, 2.05) is 11.4 Å². The fourth-order valence-corrected chi connectivity index (χ4v) is 2.83. The van der Waals surface area contributed by atoms with Crippen molar-refractivity contribution in [1.29, 1.82) is 0 Å². The zero-order valence-electron chi connectivity index (χ0n) is 12.4. The molecule has 2 heterocycles. The standard InChI is InChI=1S/C18H12ClFO3S/c19-15-10-12(20)3-8-17(15)22-11-14-5-4-13(23-14)6-7-16(21)18-2-1-9-24-18/h1-10H,11H2/b7-6+. The van der Waals surface area contributed by atoms with Gasteiger partial charge in [-0.3, -0.25) is 4.79 Å². The normalized spacial score (nSPS) is 11.1. The molecule has 0 aliphatic heterocycles. The van der Waals surface area contributed by atoms with Gasteiger partial charge in [-0.15, -0.1) is 11.3 Å². The Morgan fingerprint density at radius 1 is 1.29 bits per heavy atom. The number of carbonyl (C=O) groups is 1. The second-order valence-corrected chi connectivity index (χ2v) is 6.20. The van der Waals surface area contributed by atoms with Gasteiger partial charge in [0.15, 0.2) is 5.78 Å². The van der Waals surface area contributed by atoms with E-state index in [9.17, 15) is 9.18 Å². The average Bonchev–Trinajstić information content (AvgIpc) is 3.24. The van der Waals surface area contributed by atoms with Gasteiger partial charge in [0.2, 0.25) is 0 Å². The Labute approximate surface area is 146 Å². The SMILES string of the molecule is O=C(/C=C/c1ccc(COc2ccc(F)cc2Cl)o1)c1cccs1. The topological polar surface area (TPSA) is 39.4 Å². The Balaban J connectivity index is 1.60. The van der Waals surface area contributed by atoms with Gasteiger partial charge in [0.1, 0.15) is 29.7 Å². The molecule has 0 bridgehead atoms. The van der Waals surface area contributed by atoms with Crippen LogP contribution in [-0.2, 0) is 6.61 Å². The maximum absolute atomic E-state index is 13.0. The quantitative estimate of drug-likeness (QED) is 0.422. The smallest absolute Gasteiger partial charge is 0.195 e. The summed E-state index contributed by atoms with van der Waals surface area (Å²) in [5, 5.41) is 2.05. The molecule has 0 aliphatic carbocycles. The molecule has 0 atom stereocenters. The molecule has 0 amide bonds. The van der Waals surface area contributed by atoms with Crippen LogP contribution in [0, 0.1) is 5.82 Å². The van der Waals surface area contributed by atoms with Crippen molar-refractivity contribution in [2.24, 2.45) is 0 Å². The van der Waals surface area contributed by atoms with Crippen molar-refractivity contribution in [2.75, 3.05) is 0 Å². The van der Waals surface area contributed by atoms with Crippen LogP contribution in [0.2, 0.25) is 5.02 Å². The van der Waals surface area contributed by atoms with E-state index in [-0.39, 0.29) is 17.4 Å². The molecule has 0 radical (unpaired) electrons. The van der Waals surface area contributed by atoms with Gasteiger partial charge in [0, 0.05) is 0 Å². The number of rotatable bonds is 6. The number of hydrogen-bond donors (Lipinski definition) is 0. The van der Waals surface area contributed by atoms with Crippen LogP contribution < -0.4 is 4.74 Å². The third kappa shape index (κ3) is 4.13. The lowest BCUT2D eigenvalue weighted by Gasteiger charge is -2.05. The van der Waals surface area contributed by atoms with E-state index >= 15 is 0 Å². The van der Waals surface area contributed by atoms with Crippen LogP contribution in [0.25, 0.3) is 6.08 Å². The Morgan fingerprint density at radius 3 is 2.92 bits per heavy atom. The van der Waals surface area contributed by atoms with Crippen molar-refractivity contribution in [3.63, 3.8) is 0 Å². The fraction of sp³-hybridized carbons (Fsp3) is 0.0556. The zero-order valence-corrected chi connectivity index (χ0v) is 13.9. The second-order valence-electron chi connectivity index (χ2n) is 4.84. The van der Waals surface area contributed by atoms with Crippen LogP contribution in [0.5, 0.6) is 5.75 Å². The van der Waals surface area contributed by atoms with Gasteiger partial charge in [0.25, 0.3) is 0 Å². The monoisotopic (exact) mass is 362 g/mol. The maximum Gasteiger partial charge on any atom is 0.195 e. The molecular weight excluding hydrogens is 351 g/mol. The van der Waals surface area contributed by atoms with E-state index in [4.69, 9.17) is 20.8 Å². The number of halogens is 2. The number of ketones is 1. The highest BCUT2D eigenvalue weighted by molar-refractivity contribution is 7.12. The first-order valence-electron chi connectivity index (χ1n) is 7.04. The van der Waals surface area contributed by atoms with E-state index in [1.165, 1.54) is 35.6 Å². The third-order valence-electron chi connectivity index (χ3n) is 3.11. The summed E-state index contributed by atoms with van der Waals surface area (Å²) in [6.45, 7) is 0.151. The Hall–Kier alpha value is -2.37. The summed E-state index contributed by atoms with van der Waals surface area (Å²) in [5.74, 6) is 0.993. The van der Waals surface area contributed by atoms with Crippen LogP contribution in [0.15, 0.2) is 58.3 Å². The van der Waals surface area contributed by atoms with Crippen LogP contribution in [0.3, 0.4) is 0 Å². The third-order valence-corrected chi connectivity index (χ3v) is 4.29. The first-order valence-corrected chi connectivity index (χ1v) is 8.30. The molecule has 3 nitrogen and oxygen atoms in total. The van der Waals surface area contributed by atoms with Crippen LogP contribution in [-0.4, -0.2) is 5.78 Å². The molecule has 2 aromatic heterocycles. The van der Waals surface area contributed by atoms with Crippen LogP contribution in [0.4, 0.5) is 4.39 Å². The summed E-state index contributed by atoms with van der Waals surface area (Å²) in [7, 11) is 0. The number of benzene rings is 1. The highest BCUT2D eigenvalue weighted by Crippen LogP contribution is 2.26. The van der Waals surface area contributed by atoms with Crippen molar-refractivity contribution < 1.29 is 18.3 Å². The number of thiophene rings is 1. The lowest BCUT2D eigenvalue weighted by molar-refractivity contribution is 0.105. The summed E-state index contributed by atoms with van der Waals surface area (Å²) < 4.78 is 24.0. The average molecular weight is 363 g/mol. The van der Waals surface area contributed by atoms with Crippen LogP contribution >= 0.6 is 22.9 Å². The van der Waals surface area contributed by atoms with Crippen molar-refractivity contribution >= 4 is 34.8 Å². The van der Waals surface area contributed by atoms with E-state index in [2.05, 4.69) is 0 Å². The van der Waals surface area contributed by atoms with Gasteiger partial charge >= 0.3 is 0 Å². The van der Waals surface area contributed by atoms with Gasteiger partial charge in [-0.05, 0) is 53.9 Å². The second kappa shape index (κ2) is 7.47. The molecule has 6 heteroatoms. The minimum absolute atomic E-state index is 0.0719. The summed E-state index contributed by atoms with van der Waals surface area (Å²) in [6.07, 6.45) is 3.07. The molecule has 0 fully saturated rings. The number of allylic oxidation sites excluding steroid dienone is 1. The molecule has 24 heavy (non-hydrogen) atoms. The first kappa shape index (κ1) is 16.5. The number of ether oxygens (including phenoxy) is 1. The van der Waals surface area contributed by atoms with Crippen LogP contribution in [0.1, 0.15) is 21.2 Å². The maximum atomic E-state index is 13.0. The lowest BCUT2D eigenvalue weighted by Crippen LogP contribution is -1.94. The molecule has 0 N–H and O–H groups in total. The lowest BCUT2D eigenvalue weighted by atomic mass is 10.3. The van der Waals surface area contributed by atoms with Gasteiger partial charge in [0.05, 0.1) is 9.90 Å². The summed E-state index contributed by atoms with van der Waals surface area (Å²) in [6, 6.07) is 11.0. The molecule has 3 aromatic rings. The van der Waals surface area contributed by atoms with Gasteiger partial charge in [-0.25, -0.2) is 4.39 Å². The number of furan rings is 1. The van der Waals surface area contributed by atoms with E-state index < -0.39 is 5.82 Å². The molecule has 0 unspecified atom stereocenters. The predicted molar refractivity (Wildman–Crippen MR) is 92.1 cm³/mol. The molecule has 3 rings (SSSR count). The van der Waals surface area contributed by atoms with E-state index in [1.54, 1.807) is 24.3 Å². The highest BCUT2D eigenvalue weighted by Gasteiger charge is 2.06. The van der Waals surface area contributed by atoms with Crippen molar-refractivity contribution in [3.05, 3.63) is 81.2 Å². The zero-order chi connectivity index (χ0) is 16.9. The highest BCUT2D eigenvalue weighted by atomic mass is 35.5. The number of hydrogen-bond acceptors (Lipinski definition) is 4. The number of carbonyl (C=O) groups excluding carboxylic acids is 1. The van der Waals surface area contributed by atoms with Crippen molar-refractivity contribution in [2.45, 2.75) is 6.61 Å². The molecule has 1 aromatic carbocycles. The van der Waals surface area contributed by atoms with E-state index in [0.717, 1.165) is 0 Å². The van der Waals surface area contributed by atoms with E-state index in [0.29, 0.717) is 22.1 Å². The Bertz CT molecular complexity index is 868. The minimum Gasteiger partial charge on any atom is -0.484 e. The molecule has 122 valence electrons. The minimum atomic E-state index is -0.423. The molecular formula is C18H12ClFO3S. The van der Waals surface area contributed by atoms with Gasteiger partial charge < -0.3 is 9.15 Å². The fourth-order valence-electron chi connectivity index (χ4n) is 1.96. The summed E-state index contributed by atoms with van der Waals surface area (Å²) >= 11 is 7.28. The largest absolute Gasteiger partial charge is 0.484 e. The Morgan fingerprint density at radius 2 is 2.17 bits per heavy atom. The molecule has 0 saturated carbocycles. The van der Waals surface area contributed by atoms with Gasteiger partial charge in [-0.2, -0.15) is 0 Å². The van der Waals surface area contributed by atoms with Gasteiger partial charge in [-0.1, -0.05) is 17.7 Å². The molecule has 0 aliphatic rings. The Kier molecular flexibility index (Phi) is 5.13. The predicted octanol–water partition coefficient (Wildman–Crippen LogP) is 5.61. The van der Waals surface area contributed by atoms with Crippen molar-refractivity contribution in [3.8, 4) is 5.75 Å². The molecule has 0 saturated heterocycles. The molecule has 0 spiro atoms. The first-order chi connectivity index (χ1) is 11.6. The summed E-state index contributed by atoms with van der Waals surface area (Å²) in [5.41, 5.74) is 0.